The van der Waals surface area contributed by atoms with Gasteiger partial charge in [0.2, 0.25) is 0 Å². The van der Waals surface area contributed by atoms with Gasteiger partial charge in [-0.2, -0.15) is 0 Å². The summed E-state index contributed by atoms with van der Waals surface area (Å²) < 4.78 is 25.1. The van der Waals surface area contributed by atoms with Crippen molar-refractivity contribution in [2.24, 2.45) is 0 Å². The van der Waals surface area contributed by atoms with E-state index < -0.39 is 22.4 Å². The molecule has 0 aliphatic carbocycles. The second-order valence-electron chi connectivity index (χ2n) is 1.87. The molecule has 0 radical (unpaired) electrons. The molecule has 0 spiro atoms. The molecule has 1 aromatic rings. The van der Waals surface area contributed by atoms with Gasteiger partial charge in [-0.05, 0) is 23.7 Å². The van der Waals surface area contributed by atoms with Crippen molar-refractivity contribution in [1.29, 1.82) is 0 Å². The molecule has 0 saturated heterocycles. The largest absolute Gasteiger partial charge is 0.275 e. The Balaban J connectivity index is 0.00000121. The maximum absolute atomic E-state index is 12.6. The Morgan fingerprint density at radius 3 is 1.92 bits per heavy atom. The Hall–Kier alpha value is 0.300. The minimum atomic E-state index is -1.12. The predicted octanol–water partition coefficient (Wildman–Crippen LogP) is 2.34. The molecule has 66 valence electrons. The molecule has 1 aromatic carbocycles. The van der Waals surface area contributed by atoms with Gasteiger partial charge in [0.15, 0.2) is 0 Å². The summed E-state index contributed by atoms with van der Waals surface area (Å²) in [6.07, 6.45) is 0. The maximum atomic E-state index is 12.6. The summed E-state index contributed by atoms with van der Waals surface area (Å²) in [6.45, 7) is 0. The first-order valence-corrected chi connectivity index (χ1v) is 3.14. The van der Waals surface area contributed by atoms with E-state index in [0.29, 0.717) is 0 Å². The van der Waals surface area contributed by atoms with Gasteiger partial charge in [0.05, 0.1) is 0 Å². The number of halogens is 3. The van der Waals surface area contributed by atoms with Crippen molar-refractivity contribution in [3.05, 3.63) is 35.4 Å². The van der Waals surface area contributed by atoms with Crippen molar-refractivity contribution < 1.29 is 51.3 Å². The van der Waals surface area contributed by atoms with E-state index in [4.69, 9.17) is 11.6 Å². The monoisotopic (exact) mass is 216 g/mol. The first kappa shape index (κ1) is 12.3. The van der Waals surface area contributed by atoms with Crippen LogP contribution in [0.3, 0.4) is 0 Å². The van der Waals surface area contributed by atoms with Crippen LogP contribution in [0, 0.1) is 49.4 Å². The topological polar surface area (TPSA) is 17.1 Å². The van der Waals surface area contributed by atoms with Crippen molar-refractivity contribution in [2.45, 2.75) is 0 Å². The summed E-state index contributed by atoms with van der Waals surface area (Å²) in [5, 5.41) is -1.12. The van der Waals surface area contributed by atoms with Gasteiger partial charge < -0.3 is 0 Å². The Morgan fingerprint density at radius 2 is 1.67 bits per heavy atom. The molecule has 0 N–H and O–H groups in total. The van der Waals surface area contributed by atoms with Crippen molar-refractivity contribution in [1.82, 2.24) is 0 Å². The van der Waals surface area contributed by atoms with Gasteiger partial charge in [-0.1, -0.05) is 6.07 Å². The molecule has 0 bridgehead atoms. The van der Waals surface area contributed by atoms with Gasteiger partial charge in [-0.25, -0.2) is 8.78 Å². The quantitative estimate of drug-likeness (QED) is 0.659. The first-order valence-electron chi connectivity index (χ1n) is 2.77. The van der Waals surface area contributed by atoms with Gasteiger partial charge in [0, 0.05) is 37.7 Å². The summed E-state index contributed by atoms with van der Waals surface area (Å²) in [5.41, 5.74) is -0.700. The van der Waals surface area contributed by atoms with Crippen molar-refractivity contribution in [2.75, 3.05) is 0 Å². The zero-order chi connectivity index (χ0) is 8.43. The van der Waals surface area contributed by atoms with Crippen molar-refractivity contribution >= 4 is 16.8 Å². The number of benzene rings is 1. The Morgan fingerprint density at radius 1 is 1.25 bits per heavy atom. The Kier molecular flexibility index (Phi) is 5.25. The molecule has 0 atom stereocenters. The summed E-state index contributed by atoms with van der Waals surface area (Å²) in [5.74, 6) is -1.88. The standard InChI is InChI=1S/C7H3ClF2O.Ar/c8-7(11)6-4(9)2-1-3-5(6)10;/h1-3H;. The van der Waals surface area contributed by atoms with E-state index in [1.807, 2.05) is 0 Å². The van der Waals surface area contributed by atoms with E-state index in [1.165, 1.54) is 0 Å². The van der Waals surface area contributed by atoms with Crippen LogP contribution in [0.4, 0.5) is 8.78 Å². The molecule has 0 heterocycles. The van der Waals surface area contributed by atoms with Gasteiger partial charge in [0.1, 0.15) is 17.2 Å². The van der Waals surface area contributed by atoms with E-state index in [-0.39, 0.29) is 37.7 Å². The van der Waals surface area contributed by atoms with Crippen LogP contribution in [-0.4, -0.2) is 5.24 Å². The zero-order valence-corrected chi connectivity index (χ0v) is 7.09. The molecule has 1 rings (SSSR count). The Bertz CT molecular complexity index is 283. The van der Waals surface area contributed by atoms with Crippen LogP contribution in [0.15, 0.2) is 18.2 Å². The maximum Gasteiger partial charge on any atom is 0.258 e. The average molecular weight is 216 g/mol. The number of hydrogen-bond donors (Lipinski definition) is 0. The fourth-order valence-electron chi connectivity index (χ4n) is 0.686. The van der Waals surface area contributed by atoms with E-state index in [2.05, 4.69) is 0 Å². The summed E-state index contributed by atoms with van der Waals surface area (Å²) in [4.78, 5) is 10.4. The third-order valence-electron chi connectivity index (χ3n) is 1.16. The van der Waals surface area contributed by atoms with Gasteiger partial charge in [-0.3, -0.25) is 4.79 Å². The van der Waals surface area contributed by atoms with Crippen LogP contribution in [0.2, 0.25) is 0 Å². The minimum Gasteiger partial charge on any atom is -0.275 e. The first-order chi connectivity index (χ1) is 5.13. The second-order valence-corrected chi connectivity index (χ2v) is 2.21. The molecule has 0 aliphatic rings. The molecule has 0 aliphatic heterocycles. The third-order valence-corrected chi connectivity index (χ3v) is 1.35. The van der Waals surface area contributed by atoms with E-state index in [1.54, 1.807) is 0 Å². The SMILES string of the molecule is O=C(Cl)c1c(F)cccc1F.[Ar]. The number of carbonyl (C=O) groups is 1. The normalized spacial score (nSPS) is 8.92. The molecule has 0 saturated carbocycles. The van der Waals surface area contributed by atoms with Crippen LogP contribution in [0.1, 0.15) is 10.4 Å². The van der Waals surface area contributed by atoms with Gasteiger partial charge >= 0.3 is 0 Å². The summed E-state index contributed by atoms with van der Waals surface area (Å²) in [6, 6.07) is 3.10. The molecule has 0 fully saturated rings. The molecule has 0 amide bonds. The second kappa shape index (κ2) is 5.12. The summed E-state index contributed by atoms with van der Waals surface area (Å²) >= 11 is 4.89. The number of hydrogen-bond acceptors (Lipinski definition) is 1. The van der Waals surface area contributed by atoms with E-state index in [0.717, 1.165) is 18.2 Å². The third kappa shape index (κ3) is 2.66. The van der Waals surface area contributed by atoms with Crippen molar-refractivity contribution in [3.8, 4) is 0 Å². The van der Waals surface area contributed by atoms with E-state index in [9.17, 15) is 13.6 Å². The molecule has 5 heteroatoms. The van der Waals surface area contributed by atoms with Crippen LogP contribution >= 0.6 is 11.6 Å². The summed E-state index contributed by atoms with van der Waals surface area (Å²) in [7, 11) is 0. The number of rotatable bonds is 1. The van der Waals surface area contributed by atoms with Crippen molar-refractivity contribution in [3.63, 3.8) is 0 Å². The molecular weight excluding hydrogens is 213 g/mol. The fourth-order valence-corrected chi connectivity index (χ4v) is 0.866. The van der Waals surface area contributed by atoms with Gasteiger partial charge in [-0.15, -0.1) is 0 Å². The Labute approximate surface area is 103 Å². The van der Waals surface area contributed by atoms with E-state index >= 15 is 0 Å². The van der Waals surface area contributed by atoms with Crippen LogP contribution < -0.4 is 0 Å². The number of carbonyl (C=O) groups excluding carboxylic acids is 1. The predicted molar refractivity (Wildman–Crippen MR) is 36.5 cm³/mol. The van der Waals surface area contributed by atoms with Crippen LogP contribution in [0.25, 0.3) is 0 Å². The smallest absolute Gasteiger partial charge is 0.258 e. The molecule has 0 unspecified atom stereocenters. The van der Waals surface area contributed by atoms with Crippen LogP contribution in [0.5, 0.6) is 0 Å². The fraction of sp³-hybridized carbons (Fsp3) is 0. The average Bonchev–Trinajstić information content (AvgIpc) is 1.85. The van der Waals surface area contributed by atoms with Gasteiger partial charge in [0.25, 0.3) is 5.24 Å². The molecule has 1 nitrogen and oxygen atoms in total. The molecule has 0 aromatic heterocycles. The zero-order valence-electron chi connectivity index (χ0n) is 5.63. The molecular formula is C7H3ArClF2O. The minimum absolute atomic E-state index is 0. The van der Waals surface area contributed by atoms with Crippen LogP contribution in [-0.2, 0) is 0 Å². The molecule has 12 heavy (non-hydrogen) atoms.